The van der Waals surface area contributed by atoms with Gasteiger partial charge in [-0.3, -0.25) is 9.97 Å². The normalized spacial score (nSPS) is 11.2. The second-order valence-electron chi connectivity index (χ2n) is 12.0. The van der Waals surface area contributed by atoms with Crippen LogP contribution in [0.1, 0.15) is 0 Å². The van der Waals surface area contributed by atoms with E-state index < -0.39 is 0 Å². The van der Waals surface area contributed by atoms with Crippen molar-refractivity contribution in [2.45, 2.75) is 0 Å². The van der Waals surface area contributed by atoms with Gasteiger partial charge in [0, 0.05) is 58.2 Å². The number of hydrogen-bond donors (Lipinski definition) is 0. The third-order valence-corrected chi connectivity index (χ3v) is 8.91. The zero-order valence-corrected chi connectivity index (χ0v) is 26.8. The molecule has 9 rings (SSSR count). The molecule has 0 fully saturated rings. The van der Waals surface area contributed by atoms with E-state index in [1.807, 2.05) is 60.7 Å². The van der Waals surface area contributed by atoms with E-state index in [0.29, 0.717) is 11.6 Å². The van der Waals surface area contributed by atoms with Crippen molar-refractivity contribution in [2.75, 3.05) is 0 Å². The molecule has 0 aliphatic heterocycles. The molecule has 6 heteroatoms. The molecule has 4 aromatic heterocycles. The van der Waals surface area contributed by atoms with Crippen LogP contribution < -0.4 is 0 Å². The first-order valence-corrected chi connectivity index (χ1v) is 16.4. The summed E-state index contributed by atoms with van der Waals surface area (Å²) in [6, 6.07) is 49.5. The average Bonchev–Trinajstić information content (AvgIpc) is 3.21. The van der Waals surface area contributed by atoms with Gasteiger partial charge in [-0.2, -0.15) is 0 Å². The van der Waals surface area contributed by atoms with Crippen molar-refractivity contribution in [1.82, 2.24) is 29.9 Å². The summed E-state index contributed by atoms with van der Waals surface area (Å²) in [7, 11) is 0. The van der Waals surface area contributed by atoms with E-state index in [0.717, 1.165) is 77.7 Å². The maximum absolute atomic E-state index is 5.25. The van der Waals surface area contributed by atoms with Crippen LogP contribution in [0, 0.1) is 0 Å². The number of nitrogens with zero attached hydrogens (tertiary/aromatic N) is 6. The Balaban J connectivity index is 1.35. The standard InChI is InChI=1S/C44H28N6/c1-3-11-31(12-4-1)43-47-37(29-19-23-45-24-20-29)27-39(49-43)41-33-15-7-9-17-35(33)42(36-18-10-8-16-34(36)41)40-28-38(30-21-25-46-26-22-30)48-44(50-40)32-13-5-2-6-14-32/h1-28H. The molecule has 0 unspecified atom stereocenters. The predicted octanol–water partition coefficient (Wildman–Crippen LogP) is 10.4. The van der Waals surface area contributed by atoms with Crippen LogP contribution in [0.25, 0.3) is 89.4 Å². The van der Waals surface area contributed by atoms with Crippen molar-refractivity contribution in [1.29, 1.82) is 0 Å². The lowest BCUT2D eigenvalue weighted by atomic mass is 9.88. The van der Waals surface area contributed by atoms with Gasteiger partial charge in [-0.25, -0.2) is 19.9 Å². The highest BCUT2D eigenvalue weighted by Crippen LogP contribution is 2.44. The number of fused-ring (bicyclic) bond motifs is 2. The Bertz CT molecular complexity index is 2270. The highest BCUT2D eigenvalue weighted by molar-refractivity contribution is 6.21. The summed E-state index contributed by atoms with van der Waals surface area (Å²) in [5.74, 6) is 1.33. The average molecular weight is 641 g/mol. The van der Waals surface area contributed by atoms with Gasteiger partial charge in [-0.05, 0) is 57.9 Å². The molecule has 50 heavy (non-hydrogen) atoms. The Hall–Kier alpha value is -6.92. The van der Waals surface area contributed by atoms with Gasteiger partial charge in [0.15, 0.2) is 11.6 Å². The molecule has 0 radical (unpaired) electrons. The Labute approximate surface area is 288 Å². The van der Waals surface area contributed by atoms with Crippen molar-refractivity contribution >= 4 is 21.5 Å². The van der Waals surface area contributed by atoms with Gasteiger partial charge in [-0.1, -0.05) is 109 Å². The fraction of sp³-hybridized carbons (Fsp3) is 0. The van der Waals surface area contributed by atoms with Crippen LogP contribution in [0.3, 0.4) is 0 Å². The molecule has 0 amide bonds. The Morgan fingerprint density at radius 2 is 0.600 bits per heavy atom. The highest BCUT2D eigenvalue weighted by atomic mass is 14.9. The molecule has 0 bridgehead atoms. The molecule has 0 spiro atoms. The molecule has 5 aromatic carbocycles. The second-order valence-corrected chi connectivity index (χ2v) is 12.0. The van der Waals surface area contributed by atoms with Gasteiger partial charge in [-0.15, -0.1) is 0 Å². The molecule has 0 N–H and O–H groups in total. The smallest absolute Gasteiger partial charge is 0.160 e. The summed E-state index contributed by atoms with van der Waals surface area (Å²) in [6.07, 6.45) is 7.18. The molecule has 4 heterocycles. The molecule has 0 aliphatic carbocycles. The molecule has 9 aromatic rings. The van der Waals surface area contributed by atoms with E-state index in [2.05, 4.69) is 94.9 Å². The lowest BCUT2D eigenvalue weighted by Gasteiger charge is -2.18. The largest absolute Gasteiger partial charge is 0.265 e. The minimum absolute atomic E-state index is 0.664. The van der Waals surface area contributed by atoms with E-state index >= 15 is 0 Å². The summed E-state index contributed by atoms with van der Waals surface area (Å²) >= 11 is 0. The zero-order valence-electron chi connectivity index (χ0n) is 26.8. The second kappa shape index (κ2) is 12.6. The minimum atomic E-state index is 0.664. The summed E-state index contributed by atoms with van der Waals surface area (Å²) in [6.45, 7) is 0. The number of pyridine rings is 2. The quantitative estimate of drug-likeness (QED) is 0.168. The molecule has 0 saturated heterocycles. The summed E-state index contributed by atoms with van der Waals surface area (Å²) in [5.41, 5.74) is 9.29. The fourth-order valence-corrected chi connectivity index (χ4v) is 6.60. The van der Waals surface area contributed by atoms with Crippen LogP contribution in [0.15, 0.2) is 170 Å². The number of aromatic nitrogens is 6. The van der Waals surface area contributed by atoms with Crippen molar-refractivity contribution in [3.05, 3.63) is 170 Å². The lowest BCUT2D eigenvalue weighted by molar-refractivity contribution is 1.18. The van der Waals surface area contributed by atoms with Crippen LogP contribution in [-0.4, -0.2) is 29.9 Å². The Kier molecular flexibility index (Phi) is 7.37. The molecule has 234 valence electrons. The predicted molar refractivity (Wildman–Crippen MR) is 201 cm³/mol. The van der Waals surface area contributed by atoms with E-state index in [9.17, 15) is 0 Å². The summed E-state index contributed by atoms with van der Waals surface area (Å²) in [4.78, 5) is 29.1. The molecular weight excluding hydrogens is 613 g/mol. The van der Waals surface area contributed by atoms with Crippen molar-refractivity contribution in [2.24, 2.45) is 0 Å². The number of rotatable bonds is 6. The van der Waals surface area contributed by atoms with Gasteiger partial charge in [0.25, 0.3) is 0 Å². The van der Waals surface area contributed by atoms with Gasteiger partial charge >= 0.3 is 0 Å². The van der Waals surface area contributed by atoms with Crippen molar-refractivity contribution in [3.63, 3.8) is 0 Å². The third-order valence-electron chi connectivity index (χ3n) is 8.91. The van der Waals surface area contributed by atoms with E-state index in [-0.39, 0.29) is 0 Å². The third kappa shape index (κ3) is 5.35. The fourth-order valence-electron chi connectivity index (χ4n) is 6.60. The Morgan fingerprint density at radius 3 is 0.960 bits per heavy atom. The Morgan fingerprint density at radius 1 is 0.280 bits per heavy atom. The van der Waals surface area contributed by atoms with Gasteiger partial charge in [0.05, 0.1) is 22.8 Å². The maximum Gasteiger partial charge on any atom is 0.160 e. The molecule has 0 atom stereocenters. The minimum Gasteiger partial charge on any atom is -0.265 e. The first kappa shape index (κ1) is 29.2. The van der Waals surface area contributed by atoms with E-state index in [1.54, 1.807) is 24.8 Å². The SMILES string of the molecule is c1ccc(-c2nc(-c3ccncc3)cc(-c3c4ccccc4c(-c4cc(-c5ccncc5)nc(-c5ccccc5)n4)c4ccccc34)n2)cc1. The topological polar surface area (TPSA) is 77.3 Å². The van der Waals surface area contributed by atoms with Crippen LogP contribution in [0.4, 0.5) is 0 Å². The van der Waals surface area contributed by atoms with Gasteiger partial charge < -0.3 is 0 Å². The highest BCUT2D eigenvalue weighted by Gasteiger charge is 2.21. The first-order chi connectivity index (χ1) is 24.8. The number of benzene rings is 5. The van der Waals surface area contributed by atoms with Crippen LogP contribution in [-0.2, 0) is 0 Å². The zero-order chi connectivity index (χ0) is 33.3. The first-order valence-electron chi connectivity index (χ1n) is 16.4. The van der Waals surface area contributed by atoms with Gasteiger partial charge in [0.1, 0.15) is 0 Å². The molecule has 0 aliphatic rings. The van der Waals surface area contributed by atoms with E-state index in [4.69, 9.17) is 19.9 Å². The molecular formula is C44H28N6. The monoisotopic (exact) mass is 640 g/mol. The van der Waals surface area contributed by atoms with Crippen LogP contribution >= 0.6 is 0 Å². The molecule has 0 saturated carbocycles. The lowest BCUT2D eigenvalue weighted by Crippen LogP contribution is -1.99. The number of hydrogen-bond acceptors (Lipinski definition) is 6. The molecule has 6 nitrogen and oxygen atoms in total. The summed E-state index contributed by atoms with van der Waals surface area (Å²) in [5, 5.41) is 4.30. The summed E-state index contributed by atoms with van der Waals surface area (Å²) < 4.78 is 0. The van der Waals surface area contributed by atoms with Crippen LogP contribution in [0.2, 0.25) is 0 Å². The maximum atomic E-state index is 5.25. The van der Waals surface area contributed by atoms with Gasteiger partial charge in [0.2, 0.25) is 0 Å². The van der Waals surface area contributed by atoms with Crippen molar-refractivity contribution < 1.29 is 0 Å². The van der Waals surface area contributed by atoms with Crippen molar-refractivity contribution in [3.8, 4) is 67.8 Å². The van der Waals surface area contributed by atoms with Crippen LogP contribution in [0.5, 0.6) is 0 Å². The van der Waals surface area contributed by atoms with E-state index in [1.165, 1.54) is 0 Å².